The number of fused-ring (bicyclic) bond motifs is 1. The van der Waals surface area contributed by atoms with Crippen LogP contribution in [-0.2, 0) is 7.05 Å². The van der Waals surface area contributed by atoms with Gasteiger partial charge in [0.25, 0.3) is 5.91 Å². The largest absolute Gasteiger partial charge is 0.438 e. The number of benzene rings is 1. The van der Waals surface area contributed by atoms with Gasteiger partial charge in [0.15, 0.2) is 0 Å². The van der Waals surface area contributed by atoms with E-state index in [1.54, 1.807) is 35.1 Å². The van der Waals surface area contributed by atoms with E-state index in [0.29, 0.717) is 34.5 Å². The Hall–Kier alpha value is -4.70. The van der Waals surface area contributed by atoms with E-state index in [0.717, 1.165) is 36.0 Å². The number of nitrogens with zero attached hydrogens (tertiary/aromatic N) is 7. The average molecular weight is 507 g/mol. The Morgan fingerprint density at radius 1 is 1.18 bits per heavy atom. The molecule has 0 saturated heterocycles. The van der Waals surface area contributed by atoms with Gasteiger partial charge in [0, 0.05) is 24.9 Å². The Morgan fingerprint density at radius 3 is 2.50 bits per heavy atom. The van der Waals surface area contributed by atoms with Crippen LogP contribution in [0.25, 0.3) is 6.08 Å². The van der Waals surface area contributed by atoms with Crippen molar-refractivity contribution in [3.05, 3.63) is 58.6 Å². The molecule has 3 heterocycles. The van der Waals surface area contributed by atoms with E-state index >= 15 is 0 Å². The summed E-state index contributed by atoms with van der Waals surface area (Å²) in [6, 6.07) is 7.93. The first kappa shape index (κ1) is 23.7. The molecule has 3 fully saturated rings. The van der Waals surface area contributed by atoms with E-state index < -0.39 is 0 Å². The van der Waals surface area contributed by atoms with Gasteiger partial charge < -0.3 is 10.1 Å². The highest BCUT2D eigenvalue weighted by atomic mass is 16.5. The molecule has 2 aromatic heterocycles. The zero-order valence-corrected chi connectivity index (χ0v) is 21.6. The van der Waals surface area contributed by atoms with Crippen molar-refractivity contribution < 1.29 is 9.53 Å². The molecule has 2 bridgehead atoms. The monoisotopic (exact) mass is 506 g/mol. The van der Waals surface area contributed by atoms with Crippen LogP contribution < -0.4 is 15.0 Å². The number of aryl methyl sites for hydroxylation is 3. The van der Waals surface area contributed by atoms with Gasteiger partial charge >= 0.3 is 0 Å². The van der Waals surface area contributed by atoms with Crippen molar-refractivity contribution in [3.8, 4) is 23.8 Å². The number of allylic oxidation sites excluding steroid dienone is 1. The number of amides is 1. The molecule has 3 saturated carbocycles. The molecule has 1 N–H and O–H groups in total. The summed E-state index contributed by atoms with van der Waals surface area (Å²) < 4.78 is 8.13. The number of ether oxygens (including phenoxy) is 1. The van der Waals surface area contributed by atoms with Crippen LogP contribution >= 0.6 is 0 Å². The van der Waals surface area contributed by atoms with Gasteiger partial charge in [-0.3, -0.25) is 14.4 Å². The van der Waals surface area contributed by atoms with Crippen molar-refractivity contribution in [2.45, 2.75) is 51.6 Å². The summed E-state index contributed by atoms with van der Waals surface area (Å²) in [6.07, 6.45) is 8.86. The normalized spacial score (nSPS) is 24.8. The Morgan fingerprint density at radius 2 is 1.89 bits per heavy atom. The standard InChI is InChI=1S/C28H26N8O2/c1-16-8-19(6-5-7-29)9-17(2)23(16)38-24-21-18(3)36(20-10-31-35(4)11-20)25(37)22(21)32-26(33-24)34-28-12-27(13-28,14-28)15-30/h5-6,8-11,18H,12-14H2,1-4H3,(H,32,33,34)/b6-5+. The number of hydrogen-bond acceptors (Lipinski definition) is 8. The summed E-state index contributed by atoms with van der Waals surface area (Å²) in [5, 5.41) is 25.9. The molecule has 10 nitrogen and oxygen atoms in total. The number of nitriles is 2. The highest BCUT2D eigenvalue weighted by molar-refractivity contribution is 6.10. The van der Waals surface area contributed by atoms with E-state index in [4.69, 9.17) is 15.0 Å². The van der Waals surface area contributed by atoms with Gasteiger partial charge in [-0.25, -0.2) is 4.98 Å². The van der Waals surface area contributed by atoms with Gasteiger partial charge in [-0.2, -0.15) is 20.6 Å². The van der Waals surface area contributed by atoms with Crippen LogP contribution in [0.5, 0.6) is 11.6 Å². The minimum absolute atomic E-state index is 0.210. The molecule has 4 aliphatic rings. The van der Waals surface area contributed by atoms with Crippen LogP contribution in [-0.4, -0.2) is 31.2 Å². The summed E-state index contributed by atoms with van der Waals surface area (Å²) in [7, 11) is 1.80. The van der Waals surface area contributed by atoms with Crippen molar-refractivity contribution in [1.29, 1.82) is 10.5 Å². The van der Waals surface area contributed by atoms with Crippen LogP contribution in [0, 0.1) is 41.9 Å². The summed E-state index contributed by atoms with van der Waals surface area (Å²) in [5.41, 5.74) is 3.77. The van der Waals surface area contributed by atoms with E-state index in [1.807, 2.05) is 39.0 Å². The van der Waals surface area contributed by atoms with Crippen molar-refractivity contribution in [2.75, 3.05) is 10.2 Å². The molecule has 1 aliphatic heterocycles. The van der Waals surface area contributed by atoms with Crippen LogP contribution in [0.2, 0.25) is 0 Å². The third-order valence-corrected chi connectivity index (χ3v) is 7.78. The van der Waals surface area contributed by atoms with Crippen LogP contribution in [0.3, 0.4) is 0 Å². The molecule has 190 valence electrons. The fraction of sp³-hybridized carbons (Fsp3) is 0.357. The van der Waals surface area contributed by atoms with Crippen LogP contribution in [0.4, 0.5) is 11.6 Å². The maximum absolute atomic E-state index is 13.6. The number of rotatable bonds is 6. The summed E-state index contributed by atoms with van der Waals surface area (Å²) in [5.74, 6) is 1.03. The molecule has 1 atom stereocenters. The number of hydrogen-bond donors (Lipinski definition) is 1. The lowest BCUT2D eigenvalue weighted by atomic mass is 9.40. The molecule has 38 heavy (non-hydrogen) atoms. The Labute approximate surface area is 220 Å². The van der Waals surface area contributed by atoms with Gasteiger partial charge in [-0.05, 0) is 74.9 Å². The fourth-order valence-electron chi connectivity index (χ4n) is 6.16. The zero-order chi connectivity index (χ0) is 26.8. The van der Waals surface area contributed by atoms with Gasteiger partial charge in [0.1, 0.15) is 11.4 Å². The first-order chi connectivity index (χ1) is 18.2. The average Bonchev–Trinajstić information content (AvgIpc) is 3.36. The van der Waals surface area contributed by atoms with Crippen molar-refractivity contribution in [3.63, 3.8) is 0 Å². The molecule has 3 aliphatic carbocycles. The summed E-state index contributed by atoms with van der Waals surface area (Å²) in [6.45, 7) is 5.80. The molecular formula is C28H26N8O2. The number of carbonyl (C=O) groups is 1. The molecule has 1 amide bonds. The van der Waals surface area contributed by atoms with Crippen molar-refractivity contribution in [2.24, 2.45) is 12.5 Å². The van der Waals surface area contributed by atoms with Gasteiger partial charge in [0.05, 0.1) is 41.0 Å². The SMILES string of the molecule is Cc1cc(/C=C/C#N)cc(C)c1Oc1nc(NC23CC(C#N)(C2)C3)nc2c1C(C)N(c1cnn(C)c1)C2=O. The molecule has 10 heteroatoms. The lowest BCUT2D eigenvalue weighted by Gasteiger charge is -2.66. The second kappa shape index (κ2) is 8.15. The minimum Gasteiger partial charge on any atom is -0.438 e. The number of aromatic nitrogens is 4. The fourth-order valence-corrected chi connectivity index (χ4v) is 6.16. The first-order valence-corrected chi connectivity index (χ1v) is 12.5. The topological polar surface area (TPSA) is 133 Å². The Bertz CT molecular complexity index is 1580. The smallest absolute Gasteiger partial charge is 0.278 e. The predicted octanol–water partition coefficient (Wildman–Crippen LogP) is 4.74. The van der Waals surface area contributed by atoms with E-state index in [-0.39, 0.29) is 22.9 Å². The second-order valence-electron chi connectivity index (χ2n) is 10.7. The summed E-state index contributed by atoms with van der Waals surface area (Å²) in [4.78, 5) is 24.7. The molecule has 1 aromatic carbocycles. The van der Waals surface area contributed by atoms with Gasteiger partial charge in [-0.15, -0.1) is 0 Å². The van der Waals surface area contributed by atoms with Crippen LogP contribution in [0.1, 0.15) is 65.0 Å². The Balaban J connectivity index is 1.41. The van der Waals surface area contributed by atoms with Crippen LogP contribution in [0.15, 0.2) is 30.6 Å². The third kappa shape index (κ3) is 3.52. The number of anilines is 2. The number of nitrogens with one attached hydrogen (secondary N) is 1. The van der Waals surface area contributed by atoms with E-state index in [1.165, 1.54) is 6.08 Å². The first-order valence-electron chi connectivity index (χ1n) is 12.5. The van der Waals surface area contributed by atoms with E-state index in [9.17, 15) is 10.1 Å². The molecule has 7 rings (SSSR count). The Kier molecular flexibility index (Phi) is 5.08. The summed E-state index contributed by atoms with van der Waals surface area (Å²) >= 11 is 0. The number of carbonyl (C=O) groups excluding carboxylic acids is 1. The van der Waals surface area contributed by atoms with Crippen molar-refractivity contribution >= 4 is 23.6 Å². The zero-order valence-electron chi connectivity index (χ0n) is 21.6. The van der Waals surface area contributed by atoms with Gasteiger partial charge in [-0.1, -0.05) is 0 Å². The molecule has 0 spiro atoms. The highest BCUT2D eigenvalue weighted by Gasteiger charge is 2.69. The highest BCUT2D eigenvalue weighted by Crippen LogP contribution is 2.67. The van der Waals surface area contributed by atoms with Gasteiger partial charge in [0.2, 0.25) is 11.8 Å². The maximum atomic E-state index is 13.6. The molecular weight excluding hydrogens is 480 g/mol. The lowest BCUT2D eigenvalue weighted by Crippen LogP contribution is -2.70. The predicted molar refractivity (Wildman–Crippen MR) is 139 cm³/mol. The molecule has 3 aromatic rings. The quantitative estimate of drug-likeness (QED) is 0.474. The third-order valence-electron chi connectivity index (χ3n) is 7.78. The van der Waals surface area contributed by atoms with Crippen molar-refractivity contribution in [1.82, 2.24) is 19.7 Å². The second-order valence-corrected chi connectivity index (χ2v) is 10.7. The maximum Gasteiger partial charge on any atom is 0.278 e. The molecule has 1 unspecified atom stereocenters. The molecule has 0 radical (unpaired) electrons. The lowest BCUT2D eigenvalue weighted by molar-refractivity contribution is -0.0665. The minimum atomic E-state index is -0.374. The van der Waals surface area contributed by atoms with E-state index in [2.05, 4.69) is 21.5 Å².